The number of nitro groups is 1. The third kappa shape index (κ3) is 6.67. The van der Waals surface area contributed by atoms with Crippen LogP contribution >= 0.6 is 0 Å². The quantitative estimate of drug-likeness (QED) is 0.570. The largest absolute Gasteiger partial charge is 0.388 e. The molecule has 1 aromatic carbocycles. The molecule has 1 aromatic rings. The summed E-state index contributed by atoms with van der Waals surface area (Å²) < 4.78 is 0. The number of nitrogens with one attached hydrogen (secondary N) is 1. The molecule has 0 saturated carbocycles. The topological polar surface area (TPSA) is 92.5 Å². The maximum absolute atomic E-state index is 11.9. The first kappa shape index (κ1) is 18.1. The van der Waals surface area contributed by atoms with Gasteiger partial charge in [0.2, 0.25) is 5.91 Å². The first-order valence-corrected chi connectivity index (χ1v) is 7.42. The highest BCUT2D eigenvalue weighted by Gasteiger charge is 2.21. The molecule has 1 rings (SSSR count). The zero-order valence-corrected chi connectivity index (χ0v) is 13.3. The Balaban J connectivity index is 2.49. The smallest absolute Gasteiger partial charge is 0.269 e. The van der Waals surface area contributed by atoms with Gasteiger partial charge in [0, 0.05) is 18.7 Å². The molecule has 0 aromatic heterocycles. The van der Waals surface area contributed by atoms with Crippen molar-refractivity contribution in [2.75, 3.05) is 6.54 Å². The Labute approximate surface area is 130 Å². The summed E-state index contributed by atoms with van der Waals surface area (Å²) in [7, 11) is 0. The van der Waals surface area contributed by atoms with Gasteiger partial charge < -0.3 is 10.4 Å². The highest BCUT2D eigenvalue weighted by Crippen LogP contribution is 2.16. The number of nitrogens with zero attached hydrogens (tertiary/aromatic N) is 1. The van der Waals surface area contributed by atoms with E-state index in [2.05, 4.69) is 19.2 Å². The van der Waals surface area contributed by atoms with Crippen LogP contribution in [0, 0.1) is 16.0 Å². The summed E-state index contributed by atoms with van der Waals surface area (Å²) in [6, 6.07) is 6.00. The van der Waals surface area contributed by atoms with E-state index in [9.17, 15) is 20.0 Å². The fourth-order valence-corrected chi connectivity index (χ4v) is 2.00. The molecule has 0 radical (unpaired) electrons. The summed E-state index contributed by atoms with van der Waals surface area (Å²) in [4.78, 5) is 22.1. The first-order valence-electron chi connectivity index (χ1n) is 7.42. The number of benzene rings is 1. The summed E-state index contributed by atoms with van der Waals surface area (Å²) in [5.41, 5.74) is -0.398. The number of hydrogen-bond acceptors (Lipinski definition) is 4. The Bertz CT molecular complexity index is 527. The zero-order chi connectivity index (χ0) is 16.8. The van der Waals surface area contributed by atoms with E-state index in [-0.39, 0.29) is 24.6 Å². The van der Waals surface area contributed by atoms with E-state index >= 15 is 0 Å². The van der Waals surface area contributed by atoms with Gasteiger partial charge in [-0.25, -0.2) is 0 Å². The molecule has 0 spiro atoms. The number of carbonyl (C=O) groups is 1. The van der Waals surface area contributed by atoms with Gasteiger partial charge in [0.15, 0.2) is 0 Å². The highest BCUT2D eigenvalue weighted by atomic mass is 16.6. The molecule has 0 saturated heterocycles. The molecule has 0 aliphatic carbocycles. The van der Waals surface area contributed by atoms with Gasteiger partial charge in [-0.2, -0.15) is 0 Å². The van der Waals surface area contributed by atoms with Gasteiger partial charge in [0.1, 0.15) is 0 Å². The van der Waals surface area contributed by atoms with E-state index in [1.807, 2.05) is 0 Å². The highest BCUT2D eigenvalue weighted by molar-refractivity contribution is 5.78. The summed E-state index contributed by atoms with van der Waals surface area (Å²) in [6.07, 6.45) is 1.55. The second-order valence-corrected chi connectivity index (χ2v) is 6.31. The molecule has 22 heavy (non-hydrogen) atoms. The van der Waals surface area contributed by atoms with Gasteiger partial charge in [-0.15, -0.1) is 0 Å². The number of non-ortho nitro benzene ring substituents is 1. The Morgan fingerprint density at radius 3 is 2.73 bits per heavy atom. The summed E-state index contributed by atoms with van der Waals surface area (Å²) in [6.45, 7) is 6.03. The van der Waals surface area contributed by atoms with Crippen LogP contribution in [0.15, 0.2) is 24.3 Å². The number of aliphatic hydroxyl groups is 1. The number of rotatable bonds is 8. The fraction of sp³-hybridized carbons (Fsp3) is 0.562. The lowest BCUT2D eigenvalue weighted by molar-refractivity contribution is -0.384. The van der Waals surface area contributed by atoms with Crippen molar-refractivity contribution in [2.24, 2.45) is 5.92 Å². The summed E-state index contributed by atoms with van der Waals surface area (Å²) in [5.74, 6) is 0.234. The average molecular weight is 308 g/mol. The van der Waals surface area contributed by atoms with E-state index in [4.69, 9.17) is 0 Å². The lowest BCUT2D eigenvalue weighted by Crippen LogP contribution is -2.41. The predicted octanol–water partition coefficient (Wildman–Crippen LogP) is 2.44. The fourth-order valence-electron chi connectivity index (χ4n) is 2.00. The van der Waals surface area contributed by atoms with Crippen molar-refractivity contribution < 1.29 is 14.8 Å². The third-order valence-electron chi connectivity index (χ3n) is 3.41. The van der Waals surface area contributed by atoms with Gasteiger partial charge >= 0.3 is 0 Å². The molecule has 1 atom stereocenters. The monoisotopic (exact) mass is 308 g/mol. The zero-order valence-electron chi connectivity index (χ0n) is 13.3. The van der Waals surface area contributed by atoms with Crippen molar-refractivity contribution in [3.63, 3.8) is 0 Å². The maximum atomic E-state index is 11.9. The van der Waals surface area contributed by atoms with Crippen LogP contribution in [-0.4, -0.2) is 28.1 Å². The first-order chi connectivity index (χ1) is 10.2. The van der Waals surface area contributed by atoms with Gasteiger partial charge in [0.05, 0.1) is 16.9 Å². The molecule has 1 unspecified atom stereocenters. The molecule has 122 valence electrons. The average Bonchev–Trinajstić information content (AvgIpc) is 2.44. The van der Waals surface area contributed by atoms with E-state index in [1.165, 1.54) is 12.1 Å². The standard InChI is InChI=1S/C16H24N2O4/c1-12(2)7-8-16(3,20)11-17-15(19)10-13-5-4-6-14(9-13)18(21)22/h4-6,9,12,20H,7-8,10-11H2,1-3H3,(H,17,19). The number of hydrogen-bond donors (Lipinski definition) is 2. The van der Waals surface area contributed by atoms with E-state index in [0.29, 0.717) is 17.9 Å². The van der Waals surface area contributed by atoms with Crippen molar-refractivity contribution in [3.8, 4) is 0 Å². The minimum Gasteiger partial charge on any atom is -0.388 e. The van der Waals surface area contributed by atoms with E-state index in [1.54, 1.807) is 19.1 Å². The minimum atomic E-state index is -0.942. The third-order valence-corrected chi connectivity index (χ3v) is 3.41. The molecular formula is C16H24N2O4. The van der Waals surface area contributed by atoms with Crippen molar-refractivity contribution in [3.05, 3.63) is 39.9 Å². The van der Waals surface area contributed by atoms with Crippen LogP contribution in [0.4, 0.5) is 5.69 Å². The molecule has 0 aliphatic heterocycles. The van der Waals surface area contributed by atoms with Crippen LogP contribution in [0.2, 0.25) is 0 Å². The molecule has 6 heteroatoms. The maximum Gasteiger partial charge on any atom is 0.269 e. The SMILES string of the molecule is CC(C)CCC(C)(O)CNC(=O)Cc1cccc([N+](=O)[O-])c1. The van der Waals surface area contributed by atoms with Crippen molar-refractivity contribution in [2.45, 2.75) is 45.6 Å². The number of nitro benzene ring substituents is 1. The van der Waals surface area contributed by atoms with Crippen LogP contribution < -0.4 is 5.32 Å². The van der Waals surface area contributed by atoms with Crippen LogP contribution in [-0.2, 0) is 11.2 Å². The normalized spacial score (nSPS) is 13.7. The van der Waals surface area contributed by atoms with Gasteiger partial charge in [-0.05, 0) is 31.2 Å². The lowest BCUT2D eigenvalue weighted by atomic mass is 9.95. The Hall–Kier alpha value is -1.95. The van der Waals surface area contributed by atoms with Gasteiger partial charge in [0.25, 0.3) is 5.69 Å². The lowest BCUT2D eigenvalue weighted by Gasteiger charge is -2.24. The van der Waals surface area contributed by atoms with Crippen LogP contribution in [0.5, 0.6) is 0 Å². The Morgan fingerprint density at radius 2 is 2.14 bits per heavy atom. The second kappa shape index (κ2) is 7.89. The Morgan fingerprint density at radius 1 is 1.45 bits per heavy atom. The molecule has 6 nitrogen and oxygen atoms in total. The Kier molecular flexibility index (Phi) is 6.49. The molecular weight excluding hydrogens is 284 g/mol. The summed E-state index contributed by atoms with van der Waals surface area (Å²) in [5, 5.41) is 23.6. The van der Waals surface area contributed by atoms with Crippen molar-refractivity contribution in [1.82, 2.24) is 5.32 Å². The number of carbonyl (C=O) groups excluding carboxylic acids is 1. The molecule has 0 heterocycles. The van der Waals surface area contributed by atoms with Crippen LogP contribution in [0.1, 0.15) is 39.2 Å². The predicted molar refractivity (Wildman–Crippen MR) is 84.5 cm³/mol. The van der Waals surface area contributed by atoms with Crippen LogP contribution in [0.3, 0.4) is 0 Å². The van der Waals surface area contributed by atoms with Crippen LogP contribution in [0.25, 0.3) is 0 Å². The van der Waals surface area contributed by atoms with Crippen molar-refractivity contribution in [1.29, 1.82) is 0 Å². The molecule has 2 N–H and O–H groups in total. The molecule has 0 bridgehead atoms. The molecule has 1 amide bonds. The van der Waals surface area contributed by atoms with Gasteiger partial charge in [-0.1, -0.05) is 26.0 Å². The molecule has 0 fully saturated rings. The van der Waals surface area contributed by atoms with E-state index < -0.39 is 10.5 Å². The van der Waals surface area contributed by atoms with Crippen molar-refractivity contribution >= 4 is 11.6 Å². The number of amides is 1. The summed E-state index contributed by atoms with van der Waals surface area (Å²) >= 11 is 0. The second-order valence-electron chi connectivity index (χ2n) is 6.31. The molecule has 0 aliphatic rings. The van der Waals surface area contributed by atoms with E-state index in [0.717, 1.165) is 6.42 Å². The minimum absolute atomic E-state index is 0.0331. The van der Waals surface area contributed by atoms with Gasteiger partial charge in [-0.3, -0.25) is 14.9 Å².